The van der Waals surface area contributed by atoms with Crippen molar-refractivity contribution in [3.05, 3.63) is 29.3 Å². The minimum Gasteiger partial charge on any atom is -0.493 e. The number of carbonyl (C=O) groups excluding carboxylic acids is 2. The van der Waals surface area contributed by atoms with Crippen LogP contribution < -0.4 is 14.8 Å². The van der Waals surface area contributed by atoms with Crippen molar-refractivity contribution in [2.75, 3.05) is 21.3 Å². The Morgan fingerprint density at radius 1 is 1.00 bits per heavy atom. The Morgan fingerprint density at radius 2 is 1.77 bits per heavy atom. The second kappa shape index (κ2) is 9.20. The standard InChI is InChI=1S/C24H32N2O5/c1-29-20-11-7-10-17(22(20)30-2)18-14-16-12-13-19(21(18)23(27)31-3)26(16)24(28)25-15-8-5-4-6-9-15/h7,10-11,15-16,19H,4-6,8-9,12-14H2,1-3H3,(H,25,28)/t16-,19+/m0/s1. The van der Waals surface area contributed by atoms with Gasteiger partial charge in [0.05, 0.1) is 32.9 Å². The number of methoxy groups -OCH3 is 3. The maximum absolute atomic E-state index is 13.2. The number of nitrogens with zero attached hydrogens (tertiary/aromatic N) is 1. The van der Waals surface area contributed by atoms with E-state index in [2.05, 4.69) is 5.32 Å². The SMILES string of the molecule is COC(=O)C1=C(c2cccc(OC)c2OC)C[C@@H]2CC[C@H]1N2C(=O)NC1CCCCC1. The Balaban J connectivity index is 1.71. The summed E-state index contributed by atoms with van der Waals surface area (Å²) in [6.45, 7) is 0. The topological polar surface area (TPSA) is 77.1 Å². The smallest absolute Gasteiger partial charge is 0.336 e. The number of urea groups is 1. The predicted molar refractivity (Wildman–Crippen MR) is 117 cm³/mol. The van der Waals surface area contributed by atoms with Gasteiger partial charge in [-0.05, 0) is 43.7 Å². The monoisotopic (exact) mass is 428 g/mol. The molecule has 2 bridgehead atoms. The number of hydrogen-bond acceptors (Lipinski definition) is 5. The molecular formula is C24H32N2O5. The minimum absolute atomic E-state index is 0.0490. The van der Waals surface area contributed by atoms with Crippen molar-refractivity contribution in [2.45, 2.75) is 69.5 Å². The summed E-state index contributed by atoms with van der Waals surface area (Å²) in [6, 6.07) is 5.60. The van der Waals surface area contributed by atoms with Gasteiger partial charge in [0.2, 0.25) is 0 Å². The van der Waals surface area contributed by atoms with E-state index in [1.54, 1.807) is 14.2 Å². The minimum atomic E-state index is -0.388. The lowest BCUT2D eigenvalue weighted by Crippen LogP contribution is -2.53. The maximum atomic E-state index is 13.2. The van der Waals surface area contributed by atoms with Gasteiger partial charge in [-0.25, -0.2) is 9.59 Å². The van der Waals surface area contributed by atoms with Gasteiger partial charge in [0.1, 0.15) is 0 Å². The van der Waals surface area contributed by atoms with Gasteiger partial charge < -0.3 is 24.4 Å². The molecule has 4 rings (SSSR count). The van der Waals surface area contributed by atoms with Crippen molar-refractivity contribution in [3.8, 4) is 11.5 Å². The molecule has 31 heavy (non-hydrogen) atoms. The van der Waals surface area contributed by atoms with Gasteiger partial charge in [-0.15, -0.1) is 0 Å². The molecule has 0 aromatic heterocycles. The molecule has 168 valence electrons. The van der Waals surface area contributed by atoms with Gasteiger partial charge in [-0.1, -0.05) is 31.4 Å². The summed E-state index contributed by atoms with van der Waals surface area (Å²) in [5, 5.41) is 3.23. The third-order valence-corrected chi connectivity index (χ3v) is 6.90. The fourth-order valence-electron chi connectivity index (χ4n) is 5.47. The predicted octanol–water partition coefficient (Wildman–Crippen LogP) is 3.91. The fraction of sp³-hybridized carbons (Fsp3) is 0.583. The molecule has 7 heteroatoms. The zero-order chi connectivity index (χ0) is 22.0. The average Bonchev–Trinajstić information content (AvgIpc) is 3.12. The molecule has 1 saturated carbocycles. The maximum Gasteiger partial charge on any atom is 0.336 e. The zero-order valence-electron chi connectivity index (χ0n) is 18.6. The van der Waals surface area contributed by atoms with Crippen molar-refractivity contribution in [2.24, 2.45) is 0 Å². The van der Waals surface area contributed by atoms with E-state index < -0.39 is 0 Å². The first-order valence-electron chi connectivity index (χ1n) is 11.2. The van der Waals surface area contributed by atoms with Crippen LogP contribution in [0.3, 0.4) is 0 Å². The molecule has 2 fully saturated rings. The quantitative estimate of drug-likeness (QED) is 0.720. The molecule has 3 aliphatic rings. The third-order valence-electron chi connectivity index (χ3n) is 6.90. The number of hydrogen-bond donors (Lipinski definition) is 1. The Morgan fingerprint density at radius 3 is 2.45 bits per heavy atom. The van der Waals surface area contributed by atoms with Gasteiger partial charge in [-0.3, -0.25) is 0 Å². The number of esters is 1. The number of benzene rings is 1. The van der Waals surface area contributed by atoms with Crippen LogP contribution in [0.15, 0.2) is 23.8 Å². The third kappa shape index (κ3) is 3.98. The van der Waals surface area contributed by atoms with E-state index in [1.807, 2.05) is 23.1 Å². The largest absolute Gasteiger partial charge is 0.493 e. The molecule has 0 unspecified atom stereocenters. The molecule has 1 aromatic carbocycles. The second-order valence-electron chi connectivity index (χ2n) is 8.57. The summed E-state index contributed by atoms with van der Waals surface area (Å²) in [5.41, 5.74) is 2.27. The number of fused-ring (bicyclic) bond motifs is 2. The van der Waals surface area contributed by atoms with Gasteiger partial charge in [0.15, 0.2) is 11.5 Å². The lowest BCUT2D eigenvalue weighted by Gasteiger charge is -2.38. The first kappa shape index (κ1) is 21.5. The summed E-state index contributed by atoms with van der Waals surface area (Å²) in [7, 11) is 4.59. The van der Waals surface area contributed by atoms with E-state index in [0.717, 1.165) is 49.7 Å². The van der Waals surface area contributed by atoms with Crippen LogP contribution in [0, 0.1) is 0 Å². The van der Waals surface area contributed by atoms with E-state index in [-0.39, 0.29) is 30.1 Å². The molecule has 2 amide bonds. The first-order chi connectivity index (χ1) is 15.1. The van der Waals surface area contributed by atoms with Crippen LogP contribution in [0.5, 0.6) is 11.5 Å². The molecule has 1 saturated heterocycles. The second-order valence-corrected chi connectivity index (χ2v) is 8.57. The molecule has 7 nitrogen and oxygen atoms in total. The summed E-state index contributed by atoms with van der Waals surface area (Å²) in [5.74, 6) is 0.822. The van der Waals surface area contributed by atoms with Crippen LogP contribution in [0.25, 0.3) is 5.57 Å². The molecule has 2 heterocycles. The van der Waals surface area contributed by atoms with Gasteiger partial charge in [0.25, 0.3) is 0 Å². The van der Waals surface area contributed by atoms with Crippen molar-refractivity contribution in [1.82, 2.24) is 10.2 Å². The highest BCUT2D eigenvalue weighted by Gasteiger charge is 2.47. The highest BCUT2D eigenvalue weighted by atomic mass is 16.5. The molecular weight excluding hydrogens is 396 g/mol. The molecule has 2 aliphatic heterocycles. The lowest BCUT2D eigenvalue weighted by atomic mass is 9.87. The summed E-state index contributed by atoms with van der Waals surface area (Å²) >= 11 is 0. The number of amides is 2. The van der Waals surface area contributed by atoms with Crippen LogP contribution in [-0.4, -0.2) is 56.4 Å². The Kier molecular flexibility index (Phi) is 6.39. The van der Waals surface area contributed by atoms with Crippen LogP contribution in [0.1, 0.15) is 56.9 Å². The molecule has 1 aromatic rings. The Bertz CT molecular complexity index is 875. The van der Waals surface area contributed by atoms with Gasteiger partial charge in [-0.2, -0.15) is 0 Å². The van der Waals surface area contributed by atoms with E-state index >= 15 is 0 Å². The van der Waals surface area contributed by atoms with Crippen molar-refractivity contribution < 1.29 is 23.8 Å². The number of para-hydroxylation sites is 1. The first-order valence-corrected chi connectivity index (χ1v) is 11.2. The van der Waals surface area contributed by atoms with Gasteiger partial charge >= 0.3 is 12.0 Å². The van der Waals surface area contributed by atoms with Crippen LogP contribution in [0.2, 0.25) is 0 Å². The van der Waals surface area contributed by atoms with Crippen molar-refractivity contribution >= 4 is 17.6 Å². The Hall–Kier alpha value is -2.70. The number of ether oxygens (including phenoxy) is 3. The summed E-state index contributed by atoms with van der Waals surface area (Å²) in [4.78, 5) is 28.1. The number of carbonyl (C=O) groups is 2. The van der Waals surface area contributed by atoms with Crippen molar-refractivity contribution in [1.29, 1.82) is 0 Å². The fourth-order valence-corrected chi connectivity index (χ4v) is 5.47. The van der Waals surface area contributed by atoms with Gasteiger partial charge in [0, 0.05) is 17.6 Å². The molecule has 2 atom stereocenters. The van der Waals surface area contributed by atoms with E-state index in [4.69, 9.17) is 14.2 Å². The van der Waals surface area contributed by atoms with E-state index in [0.29, 0.717) is 23.5 Å². The van der Waals surface area contributed by atoms with E-state index in [9.17, 15) is 9.59 Å². The van der Waals surface area contributed by atoms with Crippen molar-refractivity contribution in [3.63, 3.8) is 0 Å². The average molecular weight is 429 g/mol. The summed E-state index contributed by atoms with van der Waals surface area (Å²) < 4.78 is 16.3. The zero-order valence-corrected chi connectivity index (χ0v) is 18.6. The molecule has 1 N–H and O–H groups in total. The molecule has 0 radical (unpaired) electrons. The normalized spacial score (nSPS) is 23.5. The molecule has 1 aliphatic carbocycles. The lowest BCUT2D eigenvalue weighted by molar-refractivity contribution is -0.136. The number of rotatable bonds is 5. The Labute approximate surface area is 183 Å². The highest BCUT2D eigenvalue weighted by molar-refractivity contribution is 6.01. The van der Waals surface area contributed by atoms with Crippen LogP contribution in [-0.2, 0) is 9.53 Å². The van der Waals surface area contributed by atoms with E-state index in [1.165, 1.54) is 13.5 Å². The summed E-state index contributed by atoms with van der Waals surface area (Å²) in [6.07, 6.45) is 7.81. The number of nitrogens with one attached hydrogen (secondary N) is 1. The van der Waals surface area contributed by atoms with Crippen LogP contribution >= 0.6 is 0 Å². The molecule has 0 spiro atoms. The highest BCUT2D eigenvalue weighted by Crippen LogP contribution is 2.47. The van der Waals surface area contributed by atoms with Crippen LogP contribution in [0.4, 0.5) is 4.79 Å².